The summed E-state index contributed by atoms with van der Waals surface area (Å²) in [6, 6.07) is 7.13. The number of aromatic amines is 2. The van der Waals surface area contributed by atoms with Crippen LogP contribution in [-0.2, 0) is 0 Å². The van der Waals surface area contributed by atoms with Crippen molar-refractivity contribution in [3.63, 3.8) is 0 Å². The molecule has 0 saturated carbocycles. The molecule has 0 fully saturated rings. The highest BCUT2D eigenvalue weighted by Crippen LogP contribution is 2.21. The van der Waals surface area contributed by atoms with Crippen LogP contribution in [0, 0.1) is 6.92 Å². The average molecular weight is 202 g/mol. The Kier molecular flexibility index (Phi) is 2.25. The molecule has 0 aliphatic rings. The maximum Gasteiger partial charge on any atom is 0.267 e. The molecule has 0 amide bonds. The van der Waals surface area contributed by atoms with E-state index in [-0.39, 0.29) is 5.56 Å². The summed E-state index contributed by atoms with van der Waals surface area (Å²) >= 11 is 0. The molecule has 2 rings (SSSR count). The largest absolute Gasteiger partial charge is 0.298 e. The van der Waals surface area contributed by atoms with Crippen LogP contribution in [0.2, 0.25) is 0 Å². The Morgan fingerprint density at radius 3 is 2.53 bits per heavy atom. The fourth-order valence-electron chi connectivity index (χ4n) is 1.52. The molecule has 0 atom stereocenters. The van der Waals surface area contributed by atoms with Crippen LogP contribution in [0.1, 0.15) is 15.9 Å². The van der Waals surface area contributed by atoms with Crippen molar-refractivity contribution in [2.45, 2.75) is 6.92 Å². The van der Waals surface area contributed by atoms with Gasteiger partial charge >= 0.3 is 0 Å². The summed E-state index contributed by atoms with van der Waals surface area (Å²) in [5.41, 5.74) is 2.40. The predicted octanol–water partition coefficient (Wildman–Crippen LogP) is 1.49. The van der Waals surface area contributed by atoms with Gasteiger partial charge in [-0.3, -0.25) is 19.8 Å². The van der Waals surface area contributed by atoms with E-state index in [1.165, 1.54) is 0 Å². The van der Waals surface area contributed by atoms with Gasteiger partial charge in [0.25, 0.3) is 5.56 Å². The van der Waals surface area contributed by atoms with Crippen molar-refractivity contribution >= 4 is 6.29 Å². The topological polar surface area (TPSA) is 65.7 Å². The van der Waals surface area contributed by atoms with Crippen molar-refractivity contribution in [3.05, 3.63) is 45.7 Å². The molecule has 2 aromatic rings. The Hall–Kier alpha value is -2.10. The molecule has 0 unspecified atom stereocenters. The number of aromatic nitrogens is 2. The zero-order valence-electron chi connectivity index (χ0n) is 8.20. The Morgan fingerprint density at radius 2 is 1.93 bits per heavy atom. The molecule has 4 heteroatoms. The number of hydrogen-bond donors (Lipinski definition) is 2. The van der Waals surface area contributed by atoms with Crippen molar-refractivity contribution < 1.29 is 4.79 Å². The maximum atomic E-state index is 11.2. The van der Waals surface area contributed by atoms with E-state index in [4.69, 9.17) is 0 Å². The smallest absolute Gasteiger partial charge is 0.267 e. The summed E-state index contributed by atoms with van der Waals surface area (Å²) in [5.74, 6) is 0. The van der Waals surface area contributed by atoms with E-state index < -0.39 is 0 Å². The van der Waals surface area contributed by atoms with E-state index in [1.54, 1.807) is 25.1 Å². The maximum absolute atomic E-state index is 11.2. The molecule has 0 aliphatic carbocycles. The lowest BCUT2D eigenvalue weighted by atomic mass is 10.0. The minimum atomic E-state index is -0.161. The third-order valence-corrected chi connectivity index (χ3v) is 2.37. The molecule has 1 heterocycles. The third kappa shape index (κ3) is 1.50. The molecule has 1 aromatic heterocycles. The van der Waals surface area contributed by atoms with Crippen molar-refractivity contribution in [2.75, 3.05) is 0 Å². The van der Waals surface area contributed by atoms with Gasteiger partial charge in [-0.25, -0.2) is 0 Å². The number of benzene rings is 1. The minimum Gasteiger partial charge on any atom is -0.298 e. The highest BCUT2D eigenvalue weighted by molar-refractivity contribution is 5.87. The Morgan fingerprint density at radius 1 is 1.20 bits per heavy atom. The van der Waals surface area contributed by atoms with Gasteiger partial charge in [0.1, 0.15) is 0 Å². The zero-order chi connectivity index (χ0) is 10.8. The van der Waals surface area contributed by atoms with Gasteiger partial charge in [0.05, 0.1) is 5.69 Å². The summed E-state index contributed by atoms with van der Waals surface area (Å²) in [6.45, 7) is 1.71. The number of carbonyl (C=O) groups excluding carboxylic acids is 1. The summed E-state index contributed by atoms with van der Waals surface area (Å²) in [4.78, 5) is 22.1. The van der Waals surface area contributed by atoms with Gasteiger partial charge in [0.2, 0.25) is 0 Å². The van der Waals surface area contributed by atoms with Crippen molar-refractivity contribution in [3.8, 4) is 11.3 Å². The number of aldehydes is 1. The highest BCUT2D eigenvalue weighted by atomic mass is 16.1. The second kappa shape index (κ2) is 3.57. The number of H-pyrrole nitrogens is 2. The standard InChI is InChI=1S/C11H10N2O2/c1-7-10(12-13-11(7)15)9-5-3-2-4-8(9)6-14/h2-6H,1H3,(H2,12,13,15). The fourth-order valence-corrected chi connectivity index (χ4v) is 1.52. The van der Waals surface area contributed by atoms with Gasteiger partial charge in [0, 0.05) is 16.7 Å². The monoisotopic (exact) mass is 202 g/mol. The lowest BCUT2D eigenvalue weighted by Gasteiger charge is -2.01. The summed E-state index contributed by atoms with van der Waals surface area (Å²) in [7, 11) is 0. The van der Waals surface area contributed by atoms with Gasteiger partial charge in [-0.1, -0.05) is 24.3 Å². The highest BCUT2D eigenvalue weighted by Gasteiger charge is 2.10. The van der Waals surface area contributed by atoms with Crippen LogP contribution >= 0.6 is 0 Å². The van der Waals surface area contributed by atoms with Crippen LogP contribution in [0.25, 0.3) is 11.3 Å². The van der Waals surface area contributed by atoms with Gasteiger partial charge in [-0.05, 0) is 6.92 Å². The molecular formula is C11H10N2O2. The number of carbonyl (C=O) groups is 1. The zero-order valence-corrected chi connectivity index (χ0v) is 8.20. The Bertz CT molecular complexity index is 552. The molecule has 0 saturated heterocycles. The van der Waals surface area contributed by atoms with Crippen LogP contribution in [0.4, 0.5) is 0 Å². The lowest BCUT2D eigenvalue weighted by molar-refractivity contribution is 0.112. The van der Waals surface area contributed by atoms with E-state index in [2.05, 4.69) is 10.2 Å². The fraction of sp³-hybridized carbons (Fsp3) is 0.0909. The van der Waals surface area contributed by atoms with Gasteiger partial charge in [0.15, 0.2) is 6.29 Å². The van der Waals surface area contributed by atoms with Gasteiger partial charge in [-0.2, -0.15) is 0 Å². The Labute approximate surface area is 85.9 Å². The SMILES string of the molecule is Cc1c(-c2ccccc2C=O)[nH][nH]c1=O. The molecule has 0 bridgehead atoms. The van der Waals surface area contributed by atoms with Crippen LogP contribution in [0.5, 0.6) is 0 Å². The van der Waals surface area contributed by atoms with E-state index in [9.17, 15) is 9.59 Å². The molecule has 2 N–H and O–H groups in total. The second-order valence-electron chi connectivity index (χ2n) is 3.28. The molecule has 4 nitrogen and oxygen atoms in total. The van der Waals surface area contributed by atoms with Crippen LogP contribution in [0.15, 0.2) is 29.1 Å². The van der Waals surface area contributed by atoms with E-state index in [0.717, 1.165) is 11.8 Å². The van der Waals surface area contributed by atoms with Crippen LogP contribution in [0.3, 0.4) is 0 Å². The van der Waals surface area contributed by atoms with Crippen molar-refractivity contribution in [1.29, 1.82) is 0 Å². The summed E-state index contributed by atoms with van der Waals surface area (Å²) in [5, 5.41) is 5.26. The van der Waals surface area contributed by atoms with E-state index >= 15 is 0 Å². The van der Waals surface area contributed by atoms with E-state index in [1.807, 2.05) is 6.07 Å². The van der Waals surface area contributed by atoms with Crippen LogP contribution < -0.4 is 5.56 Å². The first-order valence-corrected chi connectivity index (χ1v) is 4.56. The first-order chi connectivity index (χ1) is 7.24. The molecule has 0 radical (unpaired) electrons. The molecule has 15 heavy (non-hydrogen) atoms. The summed E-state index contributed by atoms with van der Waals surface area (Å²) in [6.07, 6.45) is 0.778. The molecule has 0 aliphatic heterocycles. The number of rotatable bonds is 2. The third-order valence-electron chi connectivity index (χ3n) is 2.37. The lowest BCUT2D eigenvalue weighted by Crippen LogP contribution is -2.01. The minimum absolute atomic E-state index is 0.161. The van der Waals surface area contributed by atoms with Gasteiger partial charge < -0.3 is 0 Å². The average Bonchev–Trinajstić information content (AvgIpc) is 2.60. The van der Waals surface area contributed by atoms with Gasteiger partial charge in [-0.15, -0.1) is 0 Å². The van der Waals surface area contributed by atoms with Crippen molar-refractivity contribution in [2.24, 2.45) is 0 Å². The Balaban J connectivity index is 2.68. The number of hydrogen-bond acceptors (Lipinski definition) is 2. The van der Waals surface area contributed by atoms with E-state index in [0.29, 0.717) is 16.8 Å². The normalized spacial score (nSPS) is 10.2. The predicted molar refractivity (Wildman–Crippen MR) is 57.0 cm³/mol. The van der Waals surface area contributed by atoms with Crippen LogP contribution in [-0.4, -0.2) is 16.5 Å². The number of nitrogens with one attached hydrogen (secondary N) is 2. The van der Waals surface area contributed by atoms with Crippen molar-refractivity contribution in [1.82, 2.24) is 10.2 Å². The molecule has 1 aromatic carbocycles. The summed E-state index contributed by atoms with van der Waals surface area (Å²) < 4.78 is 0. The quantitative estimate of drug-likeness (QED) is 0.724. The first-order valence-electron chi connectivity index (χ1n) is 4.56. The molecule has 0 spiro atoms. The molecular weight excluding hydrogens is 192 g/mol. The first kappa shape index (κ1) is 9.45. The molecule has 76 valence electrons. The second-order valence-corrected chi connectivity index (χ2v) is 3.28.